The molecule has 2 aliphatic heterocycles. The largest absolute Gasteiger partial charge is 0.390 e. The highest BCUT2D eigenvalue weighted by molar-refractivity contribution is 6.31. The van der Waals surface area contributed by atoms with Crippen molar-refractivity contribution >= 4 is 29.2 Å². The normalized spacial score (nSPS) is 16.5. The number of benzene rings is 2. The molecule has 1 fully saturated rings. The molecule has 0 bridgehead atoms. The summed E-state index contributed by atoms with van der Waals surface area (Å²) in [6.07, 6.45) is 0.0672. The van der Waals surface area contributed by atoms with E-state index in [9.17, 15) is 14.7 Å². The number of para-hydroxylation sites is 1. The molecule has 3 amide bonds. The molecule has 0 radical (unpaired) electrons. The van der Waals surface area contributed by atoms with Gasteiger partial charge in [0.25, 0.3) is 0 Å². The van der Waals surface area contributed by atoms with Crippen LogP contribution >= 0.6 is 11.6 Å². The number of fused-ring (bicyclic) bond motifs is 1. The van der Waals surface area contributed by atoms with Gasteiger partial charge in [-0.3, -0.25) is 14.4 Å². The van der Waals surface area contributed by atoms with Gasteiger partial charge < -0.3 is 20.2 Å². The zero-order valence-corrected chi connectivity index (χ0v) is 24.1. The van der Waals surface area contributed by atoms with Crippen molar-refractivity contribution in [1.82, 2.24) is 24.5 Å². The maximum atomic E-state index is 12.8. The number of anilines is 1. The number of urea groups is 1. The highest BCUT2D eigenvalue weighted by atomic mass is 35.5. The average molecular weight is 565 g/mol. The second kappa shape index (κ2) is 12.0. The van der Waals surface area contributed by atoms with Crippen molar-refractivity contribution in [2.24, 2.45) is 0 Å². The second-order valence-corrected chi connectivity index (χ2v) is 11.2. The van der Waals surface area contributed by atoms with E-state index in [0.717, 1.165) is 39.3 Å². The van der Waals surface area contributed by atoms with E-state index in [1.807, 2.05) is 70.8 Å². The van der Waals surface area contributed by atoms with Gasteiger partial charge in [-0.1, -0.05) is 35.9 Å². The van der Waals surface area contributed by atoms with Crippen molar-refractivity contribution in [3.63, 3.8) is 0 Å². The van der Waals surface area contributed by atoms with Gasteiger partial charge in [0.15, 0.2) is 0 Å². The van der Waals surface area contributed by atoms with Crippen LogP contribution in [0.5, 0.6) is 0 Å². The summed E-state index contributed by atoms with van der Waals surface area (Å²) >= 11 is 6.27. The minimum atomic E-state index is -0.623. The van der Waals surface area contributed by atoms with Crippen LogP contribution < -0.4 is 5.32 Å². The number of nitrogens with zero attached hydrogens (tertiary/aromatic N) is 5. The molecule has 40 heavy (non-hydrogen) atoms. The number of aliphatic hydroxyl groups is 1. The minimum Gasteiger partial charge on any atom is -0.390 e. The van der Waals surface area contributed by atoms with Crippen LogP contribution in [0.2, 0.25) is 5.02 Å². The average Bonchev–Trinajstić information content (AvgIpc) is 3.29. The lowest BCUT2D eigenvalue weighted by atomic mass is 9.99. The number of nitrogens with one attached hydrogen (secondary N) is 1. The zero-order chi connectivity index (χ0) is 28.4. The van der Waals surface area contributed by atoms with Crippen LogP contribution in [0.15, 0.2) is 42.5 Å². The first-order valence-electron chi connectivity index (χ1n) is 13.8. The molecule has 1 saturated heterocycles. The van der Waals surface area contributed by atoms with Crippen molar-refractivity contribution < 1.29 is 14.7 Å². The molecule has 0 spiro atoms. The van der Waals surface area contributed by atoms with E-state index in [2.05, 4.69) is 10.2 Å². The number of piperazine rings is 1. The Hall–Kier alpha value is -3.40. The van der Waals surface area contributed by atoms with Gasteiger partial charge in [0.2, 0.25) is 5.91 Å². The predicted octanol–water partition coefficient (Wildman–Crippen LogP) is 3.94. The summed E-state index contributed by atoms with van der Waals surface area (Å²) in [6.45, 7) is 10.1. The van der Waals surface area contributed by atoms with E-state index in [0.29, 0.717) is 63.8 Å². The first-order chi connectivity index (χ1) is 19.2. The zero-order valence-electron chi connectivity index (χ0n) is 23.4. The summed E-state index contributed by atoms with van der Waals surface area (Å²) in [7, 11) is 0. The van der Waals surface area contributed by atoms with E-state index < -0.39 is 6.10 Å². The van der Waals surface area contributed by atoms with Crippen LogP contribution in [0.3, 0.4) is 0 Å². The Morgan fingerprint density at radius 3 is 2.45 bits per heavy atom. The molecule has 9 nitrogen and oxygen atoms in total. The Balaban J connectivity index is 1.23. The Bertz CT molecular complexity index is 1400. The summed E-state index contributed by atoms with van der Waals surface area (Å²) in [5.74, 6) is 0.0448. The van der Waals surface area contributed by atoms with Gasteiger partial charge in [-0.05, 0) is 43.2 Å². The molecular weight excluding hydrogens is 528 g/mol. The summed E-state index contributed by atoms with van der Waals surface area (Å²) in [5.41, 5.74) is 6.71. The van der Waals surface area contributed by atoms with Crippen LogP contribution in [-0.4, -0.2) is 86.9 Å². The van der Waals surface area contributed by atoms with Crippen molar-refractivity contribution in [1.29, 1.82) is 0 Å². The third-order valence-corrected chi connectivity index (χ3v) is 8.33. The Kier molecular flexibility index (Phi) is 8.44. The smallest absolute Gasteiger partial charge is 0.321 e. The quantitative estimate of drug-likeness (QED) is 0.473. The molecule has 3 heterocycles. The maximum absolute atomic E-state index is 12.8. The molecule has 3 aromatic rings. The number of aryl methyl sites for hydroxylation is 2. The van der Waals surface area contributed by atoms with Gasteiger partial charge >= 0.3 is 6.03 Å². The molecule has 0 saturated carbocycles. The number of carbonyl (C=O) groups excluding carboxylic acids is 2. The first kappa shape index (κ1) is 28.1. The summed E-state index contributed by atoms with van der Waals surface area (Å²) in [5, 5.41) is 19.7. The molecular formula is C30H37ClN6O3. The monoisotopic (exact) mass is 564 g/mol. The van der Waals surface area contributed by atoms with Crippen LogP contribution in [-0.2, 0) is 24.3 Å². The van der Waals surface area contributed by atoms with Crippen molar-refractivity contribution in [3.8, 4) is 11.3 Å². The Morgan fingerprint density at radius 2 is 1.75 bits per heavy atom. The van der Waals surface area contributed by atoms with Gasteiger partial charge in [0, 0.05) is 86.7 Å². The lowest BCUT2D eigenvalue weighted by molar-refractivity contribution is -0.129. The summed E-state index contributed by atoms with van der Waals surface area (Å²) in [6, 6.07) is 13.5. The predicted molar refractivity (Wildman–Crippen MR) is 156 cm³/mol. The SMILES string of the molecule is CC(=O)N1CCc2c(c(-c3ccc(Cl)c(C)c3)nn2CC(O)CN2CCN(C(=O)Nc3ccccc3C)CC2)C1. The Labute approximate surface area is 240 Å². The van der Waals surface area contributed by atoms with E-state index in [1.165, 1.54) is 0 Å². The molecule has 212 valence electrons. The number of aliphatic hydroxyl groups excluding tert-OH is 1. The van der Waals surface area contributed by atoms with Gasteiger partial charge in [0.05, 0.1) is 18.3 Å². The number of hydrogen-bond acceptors (Lipinski definition) is 5. The molecule has 2 aromatic carbocycles. The molecule has 1 atom stereocenters. The van der Waals surface area contributed by atoms with E-state index in [4.69, 9.17) is 16.7 Å². The van der Waals surface area contributed by atoms with Gasteiger partial charge in [-0.25, -0.2) is 4.79 Å². The van der Waals surface area contributed by atoms with Gasteiger partial charge in [-0.15, -0.1) is 0 Å². The standard InChI is InChI=1S/C30H37ClN6O3/c1-20-6-4-5-7-27(20)32-30(40)35-14-12-34(13-15-35)17-24(39)18-37-28-10-11-36(22(3)38)19-25(28)29(33-37)23-8-9-26(31)21(2)16-23/h4-9,16,24,39H,10-15,17-19H2,1-3H3,(H,32,40). The van der Waals surface area contributed by atoms with E-state index in [1.54, 1.807) is 6.92 Å². The molecule has 5 rings (SSSR count). The highest BCUT2D eigenvalue weighted by Gasteiger charge is 2.29. The summed E-state index contributed by atoms with van der Waals surface area (Å²) < 4.78 is 1.92. The number of aromatic nitrogens is 2. The van der Waals surface area contributed by atoms with Crippen molar-refractivity contribution in [2.75, 3.05) is 44.6 Å². The lowest BCUT2D eigenvalue weighted by Gasteiger charge is -2.35. The second-order valence-electron chi connectivity index (χ2n) is 10.8. The van der Waals surface area contributed by atoms with Crippen LogP contribution in [0, 0.1) is 13.8 Å². The van der Waals surface area contributed by atoms with Crippen LogP contribution in [0.1, 0.15) is 29.3 Å². The lowest BCUT2D eigenvalue weighted by Crippen LogP contribution is -2.51. The number of halogens is 1. The van der Waals surface area contributed by atoms with Gasteiger partial charge in [-0.2, -0.15) is 5.10 Å². The fourth-order valence-electron chi connectivity index (χ4n) is 5.53. The fourth-order valence-corrected chi connectivity index (χ4v) is 5.65. The minimum absolute atomic E-state index is 0.0448. The van der Waals surface area contributed by atoms with Crippen molar-refractivity contribution in [2.45, 2.75) is 46.4 Å². The number of hydrogen-bond donors (Lipinski definition) is 2. The number of rotatable bonds is 6. The third-order valence-electron chi connectivity index (χ3n) is 7.91. The molecule has 0 aliphatic carbocycles. The fraction of sp³-hybridized carbons (Fsp3) is 0.433. The Morgan fingerprint density at radius 1 is 1.00 bits per heavy atom. The first-order valence-corrected chi connectivity index (χ1v) is 14.2. The topological polar surface area (TPSA) is 93.9 Å². The van der Waals surface area contributed by atoms with Crippen molar-refractivity contribution in [3.05, 3.63) is 69.9 Å². The summed E-state index contributed by atoms with van der Waals surface area (Å²) in [4.78, 5) is 30.7. The third kappa shape index (κ3) is 6.16. The van der Waals surface area contributed by atoms with E-state index >= 15 is 0 Å². The van der Waals surface area contributed by atoms with E-state index in [-0.39, 0.29) is 11.9 Å². The molecule has 1 unspecified atom stereocenters. The number of carbonyl (C=O) groups is 2. The number of amides is 3. The maximum Gasteiger partial charge on any atom is 0.321 e. The number of β-amino-alcohol motifs (C(OH)–C–C–N with tert-alkyl or cyclic N) is 1. The molecule has 2 aliphatic rings. The molecule has 2 N–H and O–H groups in total. The van der Waals surface area contributed by atoms with Gasteiger partial charge in [0.1, 0.15) is 0 Å². The van der Waals surface area contributed by atoms with Crippen LogP contribution in [0.4, 0.5) is 10.5 Å². The highest BCUT2D eigenvalue weighted by Crippen LogP contribution is 2.32. The molecule has 10 heteroatoms. The van der Waals surface area contributed by atoms with Crippen LogP contribution in [0.25, 0.3) is 11.3 Å². The molecule has 1 aromatic heterocycles.